The third kappa shape index (κ3) is 8.36. The highest BCUT2D eigenvalue weighted by Crippen LogP contribution is 2.48. The smallest absolute Gasteiger partial charge is 0.407 e. The van der Waals surface area contributed by atoms with Gasteiger partial charge in [0.1, 0.15) is 5.60 Å². The van der Waals surface area contributed by atoms with E-state index in [4.69, 9.17) is 9.73 Å². The third-order valence-electron chi connectivity index (χ3n) is 4.21. The number of hydrogen-bond donors (Lipinski definition) is 3. The fourth-order valence-electron chi connectivity index (χ4n) is 2.71. The summed E-state index contributed by atoms with van der Waals surface area (Å²) >= 11 is 0. The van der Waals surface area contributed by atoms with Crippen molar-refractivity contribution in [1.29, 1.82) is 0 Å². The summed E-state index contributed by atoms with van der Waals surface area (Å²) in [6.07, 6.45) is 1.96. The number of ether oxygens (including phenoxy) is 1. The second kappa shape index (κ2) is 10.7. The molecule has 1 saturated carbocycles. The van der Waals surface area contributed by atoms with Crippen LogP contribution in [-0.4, -0.2) is 43.8 Å². The Hall–Kier alpha value is -1.51. The Morgan fingerprint density at radius 2 is 1.74 bits per heavy atom. The minimum atomic E-state index is -0.482. The van der Waals surface area contributed by atoms with Crippen molar-refractivity contribution in [2.24, 2.45) is 4.99 Å². The number of nitrogens with zero attached hydrogens (tertiary/aromatic N) is 1. The lowest BCUT2D eigenvalue weighted by Gasteiger charge is -2.20. The molecule has 0 spiro atoms. The van der Waals surface area contributed by atoms with E-state index in [1.54, 1.807) is 0 Å². The molecule has 1 aromatic rings. The van der Waals surface area contributed by atoms with Gasteiger partial charge in [-0.25, -0.2) is 4.79 Å². The zero-order valence-corrected chi connectivity index (χ0v) is 19.1. The number of rotatable bonds is 7. The molecule has 1 amide bonds. The van der Waals surface area contributed by atoms with Crippen LogP contribution in [0.15, 0.2) is 35.3 Å². The summed E-state index contributed by atoms with van der Waals surface area (Å²) in [5.74, 6) is 0.778. The Kier molecular flexibility index (Phi) is 9.35. The second-order valence-corrected chi connectivity index (χ2v) is 7.70. The summed E-state index contributed by atoms with van der Waals surface area (Å²) in [5.41, 5.74) is 1.08. The van der Waals surface area contributed by atoms with Crippen molar-refractivity contribution in [2.45, 2.75) is 51.6 Å². The second-order valence-electron chi connectivity index (χ2n) is 7.70. The van der Waals surface area contributed by atoms with Gasteiger partial charge in [0.15, 0.2) is 5.96 Å². The molecule has 0 bridgehead atoms. The minimum Gasteiger partial charge on any atom is -0.444 e. The number of amides is 1. The number of carbonyl (C=O) groups excluding carboxylic acids is 1. The minimum absolute atomic E-state index is 0. The van der Waals surface area contributed by atoms with E-state index in [1.165, 1.54) is 18.4 Å². The van der Waals surface area contributed by atoms with E-state index in [1.807, 2.05) is 33.8 Å². The SMILES string of the molecule is CCNC(=NCC1(c2ccccc2)CC1)NCCNC(=O)OC(C)(C)C.I. The highest BCUT2D eigenvalue weighted by molar-refractivity contribution is 14.0. The Balaban J connectivity index is 0.00000364. The van der Waals surface area contributed by atoms with E-state index in [2.05, 4.69) is 40.2 Å². The van der Waals surface area contributed by atoms with Crippen molar-refractivity contribution in [3.05, 3.63) is 35.9 Å². The van der Waals surface area contributed by atoms with Crippen molar-refractivity contribution in [2.75, 3.05) is 26.2 Å². The molecule has 27 heavy (non-hydrogen) atoms. The summed E-state index contributed by atoms with van der Waals surface area (Å²) in [5, 5.41) is 9.26. The lowest BCUT2D eigenvalue weighted by atomic mass is 9.96. The summed E-state index contributed by atoms with van der Waals surface area (Å²) in [7, 11) is 0. The normalized spacial score (nSPS) is 15.3. The first-order valence-electron chi connectivity index (χ1n) is 9.39. The van der Waals surface area contributed by atoms with E-state index in [9.17, 15) is 4.79 Å². The zero-order chi connectivity index (χ0) is 19.0. The van der Waals surface area contributed by atoms with Crippen molar-refractivity contribution in [3.63, 3.8) is 0 Å². The maximum atomic E-state index is 11.6. The molecule has 1 aliphatic rings. The average molecular weight is 488 g/mol. The van der Waals surface area contributed by atoms with Crippen LogP contribution >= 0.6 is 24.0 Å². The summed E-state index contributed by atoms with van der Waals surface area (Å²) < 4.78 is 5.22. The molecule has 6 nitrogen and oxygen atoms in total. The van der Waals surface area contributed by atoms with Crippen molar-refractivity contribution in [3.8, 4) is 0 Å². The van der Waals surface area contributed by atoms with Gasteiger partial charge in [-0.1, -0.05) is 30.3 Å². The molecule has 0 saturated heterocycles. The molecular formula is C20H33IN4O2. The van der Waals surface area contributed by atoms with Gasteiger partial charge in [0.25, 0.3) is 0 Å². The number of halogens is 1. The fourth-order valence-corrected chi connectivity index (χ4v) is 2.71. The maximum Gasteiger partial charge on any atom is 0.407 e. The Bertz CT molecular complexity index is 610. The predicted molar refractivity (Wildman–Crippen MR) is 121 cm³/mol. The highest BCUT2D eigenvalue weighted by Gasteiger charge is 2.43. The molecule has 1 fully saturated rings. The van der Waals surface area contributed by atoms with Gasteiger partial charge in [0.05, 0.1) is 6.54 Å². The number of carbonyl (C=O) groups is 1. The average Bonchev–Trinajstić information content (AvgIpc) is 3.37. The standard InChI is InChI=1S/C20H32N4O2.HI/c1-5-21-17(22-13-14-23-18(25)26-19(2,3)4)24-15-20(11-12-20)16-9-7-6-8-10-16;/h6-10H,5,11-15H2,1-4H3,(H,23,25)(H2,21,22,24);1H. The van der Waals surface area contributed by atoms with E-state index in [0.29, 0.717) is 13.1 Å². The first-order valence-corrected chi connectivity index (χ1v) is 9.39. The van der Waals surface area contributed by atoms with Gasteiger partial charge in [-0.15, -0.1) is 24.0 Å². The third-order valence-corrected chi connectivity index (χ3v) is 4.21. The highest BCUT2D eigenvalue weighted by atomic mass is 127. The van der Waals surface area contributed by atoms with Crippen LogP contribution in [-0.2, 0) is 10.2 Å². The molecule has 0 aliphatic heterocycles. The summed E-state index contributed by atoms with van der Waals surface area (Å²) in [6, 6.07) is 10.6. The number of alkyl carbamates (subject to hydrolysis) is 1. The van der Waals surface area contributed by atoms with Crippen LogP contribution < -0.4 is 16.0 Å². The Morgan fingerprint density at radius 3 is 2.30 bits per heavy atom. The first-order chi connectivity index (χ1) is 12.3. The molecule has 0 atom stereocenters. The summed E-state index contributed by atoms with van der Waals surface area (Å²) in [6.45, 7) is 10.2. The lowest BCUT2D eigenvalue weighted by Crippen LogP contribution is -2.42. The van der Waals surface area contributed by atoms with Crippen molar-refractivity contribution in [1.82, 2.24) is 16.0 Å². The monoisotopic (exact) mass is 488 g/mol. The predicted octanol–water partition coefficient (Wildman–Crippen LogP) is 3.42. The lowest BCUT2D eigenvalue weighted by molar-refractivity contribution is 0.0529. The summed E-state index contributed by atoms with van der Waals surface area (Å²) in [4.78, 5) is 16.4. The molecule has 152 valence electrons. The molecule has 1 aromatic carbocycles. The van der Waals surface area contributed by atoms with Crippen LogP contribution in [0.2, 0.25) is 0 Å². The van der Waals surface area contributed by atoms with Crippen molar-refractivity contribution < 1.29 is 9.53 Å². The number of hydrogen-bond acceptors (Lipinski definition) is 3. The molecule has 0 heterocycles. The number of aliphatic imine (C=N–C) groups is 1. The molecule has 1 aliphatic carbocycles. The van der Waals surface area contributed by atoms with Crippen LogP contribution in [0, 0.1) is 0 Å². The van der Waals surface area contributed by atoms with E-state index >= 15 is 0 Å². The topological polar surface area (TPSA) is 74.8 Å². The van der Waals surface area contributed by atoms with Gasteiger partial charge in [0.2, 0.25) is 0 Å². The van der Waals surface area contributed by atoms with E-state index in [0.717, 1.165) is 19.0 Å². The van der Waals surface area contributed by atoms with Crippen LogP contribution in [0.25, 0.3) is 0 Å². The Morgan fingerprint density at radius 1 is 1.11 bits per heavy atom. The molecule has 0 aromatic heterocycles. The van der Waals surface area contributed by atoms with Gasteiger partial charge < -0.3 is 20.7 Å². The maximum absolute atomic E-state index is 11.6. The Labute approximate surface area is 179 Å². The van der Waals surface area contributed by atoms with Gasteiger partial charge in [-0.05, 0) is 46.1 Å². The fraction of sp³-hybridized carbons (Fsp3) is 0.600. The van der Waals surface area contributed by atoms with Crippen LogP contribution in [0.1, 0.15) is 46.1 Å². The van der Waals surface area contributed by atoms with Crippen LogP contribution in [0.5, 0.6) is 0 Å². The number of benzene rings is 1. The largest absolute Gasteiger partial charge is 0.444 e. The molecule has 2 rings (SSSR count). The van der Waals surface area contributed by atoms with Gasteiger partial charge in [-0.3, -0.25) is 4.99 Å². The zero-order valence-electron chi connectivity index (χ0n) is 16.8. The molecule has 7 heteroatoms. The molecule has 3 N–H and O–H groups in total. The van der Waals surface area contributed by atoms with Crippen LogP contribution in [0.3, 0.4) is 0 Å². The number of guanidine groups is 1. The van der Waals surface area contributed by atoms with Gasteiger partial charge in [0, 0.05) is 25.0 Å². The van der Waals surface area contributed by atoms with Gasteiger partial charge >= 0.3 is 6.09 Å². The van der Waals surface area contributed by atoms with Gasteiger partial charge in [-0.2, -0.15) is 0 Å². The molecule has 0 radical (unpaired) electrons. The van der Waals surface area contributed by atoms with E-state index < -0.39 is 11.7 Å². The quantitative estimate of drug-likeness (QED) is 0.238. The molecule has 0 unspecified atom stereocenters. The van der Waals surface area contributed by atoms with Crippen LogP contribution in [0.4, 0.5) is 4.79 Å². The number of nitrogens with one attached hydrogen (secondary N) is 3. The molecular weight excluding hydrogens is 455 g/mol. The van der Waals surface area contributed by atoms with Crippen molar-refractivity contribution >= 4 is 36.0 Å². The van der Waals surface area contributed by atoms with E-state index in [-0.39, 0.29) is 29.4 Å². The first kappa shape index (κ1) is 23.5.